The summed E-state index contributed by atoms with van der Waals surface area (Å²) >= 11 is 0. The molecule has 8 nitrogen and oxygen atoms in total. The number of carboxylic acids is 1. The van der Waals surface area contributed by atoms with Gasteiger partial charge in [-0.05, 0) is 62.3 Å². The summed E-state index contributed by atoms with van der Waals surface area (Å²) < 4.78 is 10.9. The maximum Gasteiger partial charge on any atom is 0.410 e. The fourth-order valence-electron chi connectivity index (χ4n) is 4.91. The van der Waals surface area contributed by atoms with E-state index in [1.54, 1.807) is 20.8 Å². The summed E-state index contributed by atoms with van der Waals surface area (Å²) in [5, 5.41) is 14.2. The lowest BCUT2D eigenvalue weighted by atomic mass is 9.98. The molecule has 35 heavy (non-hydrogen) atoms. The van der Waals surface area contributed by atoms with Crippen LogP contribution in [0.25, 0.3) is 11.1 Å². The van der Waals surface area contributed by atoms with Crippen LogP contribution in [0, 0.1) is 0 Å². The topological polar surface area (TPSA) is 108 Å². The zero-order valence-electron chi connectivity index (χ0n) is 20.3. The highest BCUT2D eigenvalue weighted by atomic mass is 16.6. The van der Waals surface area contributed by atoms with Gasteiger partial charge in [0.2, 0.25) is 0 Å². The first-order chi connectivity index (χ1) is 16.6. The van der Waals surface area contributed by atoms with E-state index >= 15 is 0 Å². The number of nitrogens with zero attached hydrogens (tertiary/aromatic N) is 1. The predicted octanol–water partition coefficient (Wildman–Crippen LogP) is 3.43. The number of carbonyl (C=O) groups is 3. The van der Waals surface area contributed by atoms with Crippen LogP contribution in [0.1, 0.15) is 57.1 Å². The van der Waals surface area contributed by atoms with Crippen molar-refractivity contribution in [1.82, 2.24) is 10.2 Å². The van der Waals surface area contributed by atoms with Gasteiger partial charge in [0.25, 0.3) is 0 Å². The molecule has 8 heteroatoms. The maximum atomic E-state index is 12.6. The van der Waals surface area contributed by atoms with Crippen LogP contribution in [-0.4, -0.2) is 53.9 Å². The molecule has 1 N–H and O–H groups in total. The number of aliphatic carboxylic acids is 1. The highest BCUT2D eigenvalue weighted by Crippen LogP contribution is 2.44. The molecule has 0 bridgehead atoms. The summed E-state index contributed by atoms with van der Waals surface area (Å²) in [6, 6.07) is 14.3. The van der Waals surface area contributed by atoms with Crippen molar-refractivity contribution in [3.05, 3.63) is 59.7 Å². The first-order valence-corrected chi connectivity index (χ1v) is 12.0. The van der Waals surface area contributed by atoms with Crippen molar-refractivity contribution in [3.63, 3.8) is 0 Å². The average Bonchev–Trinajstić information content (AvgIpc) is 3.39. The number of carboxylic acid groups (broad SMARTS) is 1. The van der Waals surface area contributed by atoms with Gasteiger partial charge in [-0.1, -0.05) is 48.5 Å². The molecule has 1 saturated heterocycles. The zero-order valence-corrected chi connectivity index (χ0v) is 20.3. The maximum absolute atomic E-state index is 12.6. The molecule has 2 aromatic carbocycles. The SMILES string of the molecule is CC(C)(C)OC(=O)N1CCC[C@H]1C[C@@H](NC(=O)OCC1c2ccccc2-c2ccccc21)C(=O)[O-]. The zero-order chi connectivity index (χ0) is 25.2. The molecule has 0 radical (unpaired) electrons. The van der Waals surface area contributed by atoms with Crippen LogP contribution < -0.4 is 10.4 Å². The first kappa shape index (κ1) is 24.6. The Morgan fingerprint density at radius 3 is 2.23 bits per heavy atom. The lowest BCUT2D eigenvalue weighted by Crippen LogP contribution is -2.51. The molecule has 2 aliphatic rings. The number of benzene rings is 2. The minimum Gasteiger partial charge on any atom is -0.548 e. The summed E-state index contributed by atoms with van der Waals surface area (Å²) in [4.78, 5) is 38.4. The lowest BCUT2D eigenvalue weighted by molar-refractivity contribution is -0.308. The summed E-state index contributed by atoms with van der Waals surface area (Å²) in [6.45, 7) is 5.88. The molecule has 1 heterocycles. The average molecular weight is 480 g/mol. The fraction of sp³-hybridized carbons (Fsp3) is 0.444. The molecule has 1 fully saturated rings. The minimum atomic E-state index is -1.42. The Morgan fingerprint density at radius 1 is 1.06 bits per heavy atom. The smallest absolute Gasteiger partial charge is 0.410 e. The highest BCUT2D eigenvalue weighted by Gasteiger charge is 2.35. The van der Waals surface area contributed by atoms with Crippen LogP contribution in [0.4, 0.5) is 9.59 Å². The van der Waals surface area contributed by atoms with Gasteiger partial charge < -0.3 is 29.6 Å². The van der Waals surface area contributed by atoms with E-state index in [-0.39, 0.29) is 25.0 Å². The number of likely N-dealkylation sites (tertiary alicyclic amines) is 1. The molecule has 0 unspecified atom stereocenters. The van der Waals surface area contributed by atoms with E-state index in [2.05, 4.69) is 5.32 Å². The normalized spacial score (nSPS) is 17.9. The quantitative estimate of drug-likeness (QED) is 0.680. The van der Waals surface area contributed by atoms with E-state index in [0.717, 1.165) is 28.7 Å². The minimum absolute atomic E-state index is 0.0196. The number of alkyl carbamates (subject to hydrolysis) is 1. The van der Waals surface area contributed by atoms with Gasteiger partial charge in [0.1, 0.15) is 12.2 Å². The third kappa shape index (κ3) is 5.58. The van der Waals surface area contributed by atoms with Crippen molar-refractivity contribution in [1.29, 1.82) is 0 Å². The number of amides is 2. The molecule has 186 valence electrons. The number of ether oxygens (including phenoxy) is 2. The van der Waals surface area contributed by atoms with Gasteiger partial charge >= 0.3 is 12.2 Å². The van der Waals surface area contributed by atoms with Gasteiger partial charge in [0.15, 0.2) is 0 Å². The number of nitrogens with one attached hydrogen (secondary N) is 1. The van der Waals surface area contributed by atoms with Gasteiger partial charge in [-0.15, -0.1) is 0 Å². The van der Waals surface area contributed by atoms with Crippen molar-refractivity contribution in [2.24, 2.45) is 0 Å². The lowest BCUT2D eigenvalue weighted by Gasteiger charge is -2.31. The number of rotatable bonds is 6. The molecular formula is C27H31N2O6-. The number of carbonyl (C=O) groups excluding carboxylic acids is 3. The molecule has 0 saturated carbocycles. The molecule has 4 rings (SSSR count). The summed E-state index contributed by atoms with van der Waals surface area (Å²) in [6.07, 6.45) is 0.0524. The Bertz CT molecular complexity index is 1060. The number of fused-ring (bicyclic) bond motifs is 3. The van der Waals surface area contributed by atoms with Crippen molar-refractivity contribution in [3.8, 4) is 11.1 Å². The van der Waals surface area contributed by atoms with Crippen LogP contribution in [0.2, 0.25) is 0 Å². The molecule has 2 aromatic rings. The van der Waals surface area contributed by atoms with Crippen molar-refractivity contribution >= 4 is 18.2 Å². The van der Waals surface area contributed by atoms with Gasteiger partial charge in [0, 0.05) is 18.5 Å². The van der Waals surface area contributed by atoms with E-state index in [4.69, 9.17) is 9.47 Å². The molecule has 0 spiro atoms. The van der Waals surface area contributed by atoms with Gasteiger partial charge in [-0.2, -0.15) is 0 Å². The highest BCUT2D eigenvalue weighted by molar-refractivity contribution is 5.80. The molecule has 1 aliphatic carbocycles. The Morgan fingerprint density at radius 2 is 1.66 bits per heavy atom. The molecule has 0 aromatic heterocycles. The van der Waals surface area contributed by atoms with Crippen molar-refractivity contribution in [2.45, 2.75) is 63.6 Å². The Balaban J connectivity index is 1.38. The van der Waals surface area contributed by atoms with Crippen LogP contribution in [0.3, 0.4) is 0 Å². The third-order valence-electron chi connectivity index (χ3n) is 6.43. The summed E-state index contributed by atoms with van der Waals surface area (Å²) in [5.41, 5.74) is 3.69. The first-order valence-electron chi connectivity index (χ1n) is 12.0. The Hall–Kier alpha value is -3.55. The fourth-order valence-corrected chi connectivity index (χ4v) is 4.91. The van der Waals surface area contributed by atoms with Gasteiger partial charge in [-0.25, -0.2) is 9.59 Å². The van der Waals surface area contributed by atoms with Crippen molar-refractivity contribution in [2.75, 3.05) is 13.2 Å². The predicted molar refractivity (Wildman–Crippen MR) is 128 cm³/mol. The Kier molecular flexibility index (Phi) is 7.00. The molecular weight excluding hydrogens is 448 g/mol. The molecule has 2 amide bonds. The van der Waals surface area contributed by atoms with E-state index < -0.39 is 29.8 Å². The van der Waals surface area contributed by atoms with Crippen LogP contribution in [-0.2, 0) is 14.3 Å². The van der Waals surface area contributed by atoms with E-state index in [9.17, 15) is 19.5 Å². The second kappa shape index (κ2) is 9.98. The standard InChI is InChI=1S/C27H32N2O6/c1-27(2,3)35-26(33)29-14-8-9-17(29)15-23(24(30)31)28-25(32)34-16-22-20-12-6-4-10-18(20)19-11-5-7-13-21(19)22/h4-7,10-13,17,22-23H,8-9,14-16H2,1-3H3,(H,28,32)(H,30,31)/p-1/t17-,23+/m0/s1. The number of hydrogen-bond acceptors (Lipinski definition) is 6. The number of hydrogen-bond donors (Lipinski definition) is 1. The van der Waals surface area contributed by atoms with Crippen LogP contribution >= 0.6 is 0 Å². The van der Waals surface area contributed by atoms with Gasteiger partial charge in [-0.3, -0.25) is 0 Å². The van der Waals surface area contributed by atoms with Crippen molar-refractivity contribution < 1.29 is 29.0 Å². The molecule has 2 atom stereocenters. The monoisotopic (exact) mass is 479 g/mol. The Labute approximate surface area is 205 Å². The molecule has 1 aliphatic heterocycles. The summed E-state index contributed by atoms with van der Waals surface area (Å²) in [5.74, 6) is -1.55. The largest absolute Gasteiger partial charge is 0.548 e. The second-order valence-corrected chi connectivity index (χ2v) is 10.0. The third-order valence-corrected chi connectivity index (χ3v) is 6.43. The van der Waals surface area contributed by atoms with Crippen LogP contribution in [0.15, 0.2) is 48.5 Å². The van der Waals surface area contributed by atoms with Crippen LogP contribution in [0.5, 0.6) is 0 Å². The van der Waals surface area contributed by atoms with E-state index in [0.29, 0.717) is 13.0 Å². The van der Waals surface area contributed by atoms with E-state index in [1.165, 1.54) is 4.90 Å². The summed E-state index contributed by atoms with van der Waals surface area (Å²) in [7, 11) is 0. The second-order valence-electron chi connectivity index (χ2n) is 10.0. The van der Waals surface area contributed by atoms with E-state index in [1.807, 2.05) is 48.5 Å². The van der Waals surface area contributed by atoms with Gasteiger partial charge in [0.05, 0.1) is 12.0 Å².